The summed E-state index contributed by atoms with van der Waals surface area (Å²) in [6.07, 6.45) is 1.18. The van der Waals surface area contributed by atoms with Gasteiger partial charge in [0.15, 0.2) is 11.5 Å². The monoisotopic (exact) mass is 278 g/mol. The first-order valence-electron chi connectivity index (χ1n) is 6.41. The van der Waals surface area contributed by atoms with Crippen molar-refractivity contribution in [3.63, 3.8) is 0 Å². The van der Waals surface area contributed by atoms with E-state index in [1.165, 1.54) is 14.2 Å². The van der Waals surface area contributed by atoms with Crippen molar-refractivity contribution in [3.05, 3.63) is 23.8 Å². The Kier molecular flexibility index (Phi) is 4.45. The van der Waals surface area contributed by atoms with Gasteiger partial charge in [0, 0.05) is 25.9 Å². The largest absolute Gasteiger partial charge is 0.493 e. The van der Waals surface area contributed by atoms with Crippen molar-refractivity contribution < 1.29 is 19.5 Å². The van der Waals surface area contributed by atoms with Gasteiger partial charge in [-0.15, -0.1) is 0 Å². The van der Waals surface area contributed by atoms with Gasteiger partial charge >= 0.3 is 0 Å². The SMILES string of the molecule is COc1cccc(C(=O)N2CCC(=NO)CC2)c1OC. The van der Waals surface area contributed by atoms with Crippen LogP contribution in [0.5, 0.6) is 11.5 Å². The number of methoxy groups -OCH3 is 2. The molecule has 0 aliphatic carbocycles. The first-order chi connectivity index (χ1) is 9.71. The summed E-state index contributed by atoms with van der Waals surface area (Å²) in [7, 11) is 3.05. The number of carbonyl (C=O) groups excluding carboxylic acids is 1. The van der Waals surface area contributed by atoms with E-state index in [1.54, 1.807) is 23.1 Å². The Bertz CT molecular complexity index is 518. The molecule has 0 atom stereocenters. The number of likely N-dealkylation sites (tertiary alicyclic amines) is 1. The van der Waals surface area contributed by atoms with Gasteiger partial charge in [0.25, 0.3) is 5.91 Å². The highest BCUT2D eigenvalue weighted by Gasteiger charge is 2.25. The number of hydrogen-bond donors (Lipinski definition) is 1. The fourth-order valence-corrected chi connectivity index (χ4v) is 2.29. The molecule has 0 spiro atoms. The zero-order valence-corrected chi connectivity index (χ0v) is 11.6. The Labute approximate surface area is 117 Å². The second-order valence-electron chi connectivity index (χ2n) is 4.50. The van der Waals surface area contributed by atoms with Crippen LogP contribution in [0, 0.1) is 0 Å². The Hall–Kier alpha value is -2.24. The lowest BCUT2D eigenvalue weighted by molar-refractivity contribution is 0.0749. The molecule has 108 valence electrons. The average molecular weight is 278 g/mol. The Morgan fingerprint density at radius 2 is 1.95 bits per heavy atom. The van der Waals surface area contributed by atoms with Gasteiger partial charge in [0.1, 0.15) is 0 Å². The molecular formula is C14H18N2O4. The van der Waals surface area contributed by atoms with Gasteiger partial charge in [-0.05, 0) is 12.1 Å². The molecule has 0 radical (unpaired) electrons. The highest BCUT2D eigenvalue weighted by Crippen LogP contribution is 2.31. The number of benzene rings is 1. The number of rotatable bonds is 3. The van der Waals surface area contributed by atoms with Gasteiger partial charge in [-0.2, -0.15) is 0 Å². The van der Waals surface area contributed by atoms with E-state index < -0.39 is 0 Å². The number of piperidine rings is 1. The molecule has 0 bridgehead atoms. The van der Waals surface area contributed by atoms with Crippen LogP contribution in [0.25, 0.3) is 0 Å². The smallest absolute Gasteiger partial charge is 0.257 e. The van der Waals surface area contributed by atoms with Crippen LogP contribution in [0.2, 0.25) is 0 Å². The maximum atomic E-state index is 12.5. The summed E-state index contributed by atoms with van der Waals surface area (Å²) in [4.78, 5) is 14.3. The average Bonchev–Trinajstić information content (AvgIpc) is 2.53. The minimum atomic E-state index is -0.0993. The van der Waals surface area contributed by atoms with Gasteiger partial charge in [-0.25, -0.2) is 0 Å². The molecule has 2 rings (SSSR count). The molecule has 1 aliphatic rings. The lowest BCUT2D eigenvalue weighted by Gasteiger charge is -2.28. The molecule has 1 amide bonds. The lowest BCUT2D eigenvalue weighted by atomic mass is 10.1. The van der Waals surface area contributed by atoms with Gasteiger partial charge in [-0.1, -0.05) is 11.2 Å². The standard InChI is InChI=1S/C14H18N2O4/c1-19-12-5-3-4-11(13(12)20-2)14(17)16-8-6-10(15-18)7-9-16/h3-5,18H,6-9H2,1-2H3. The maximum Gasteiger partial charge on any atom is 0.257 e. The molecule has 0 saturated carbocycles. The van der Waals surface area contributed by atoms with Crippen LogP contribution in [-0.4, -0.2) is 49.0 Å². The first kappa shape index (κ1) is 14.2. The molecule has 6 heteroatoms. The van der Waals surface area contributed by atoms with E-state index in [1.807, 2.05) is 0 Å². The quantitative estimate of drug-likeness (QED) is 0.675. The number of hydrogen-bond acceptors (Lipinski definition) is 5. The van der Waals surface area contributed by atoms with Crippen LogP contribution in [-0.2, 0) is 0 Å². The summed E-state index contributed by atoms with van der Waals surface area (Å²) in [6, 6.07) is 5.24. The molecular weight excluding hydrogens is 260 g/mol. The van der Waals surface area contributed by atoms with E-state index in [2.05, 4.69) is 5.16 Å². The van der Waals surface area contributed by atoms with Gasteiger partial charge in [-0.3, -0.25) is 4.79 Å². The van der Waals surface area contributed by atoms with Gasteiger partial charge in [0.2, 0.25) is 0 Å². The van der Waals surface area contributed by atoms with Crippen molar-refractivity contribution >= 4 is 11.6 Å². The molecule has 6 nitrogen and oxygen atoms in total. The molecule has 1 fully saturated rings. The van der Waals surface area contributed by atoms with E-state index in [0.29, 0.717) is 43.0 Å². The topological polar surface area (TPSA) is 71.4 Å². The highest BCUT2D eigenvalue weighted by molar-refractivity contribution is 5.99. The predicted octanol–water partition coefficient (Wildman–Crippen LogP) is 1.77. The predicted molar refractivity (Wildman–Crippen MR) is 73.9 cm³/mol. The van der Waals surface area contributed by atoms with Crippen LogP contribution in [0.3, 0.4) is 0 Å². The third-order valence-electron chi connectivity index (χ3n) is 3.40. The number of carbonyl (C=O) groups is 1. The Morgan fingerprint density at radius 3 is 2.50 bits per heavy atom. The van der Waals surface area contributed by atoms with Gasteiger partial charge < -0.3 is 19.6 Å². The zero-order chi connectivity index (χ0) is 14.5. The summed E-state index contributed by atoms with van der Waals surface area (Å²) in [6.45, 7) is 1.08. The second-order valence-corrected chi connectivity index (χ2v) is 4.50. The molecule has 1 saturated heterocycles. The maximum absolute atomic E-state index is 12.5. The van der Waals surface area contributed by atoms with Crippen LogP contribution in [0.4, 0.5) is 0 Å². The lowest BCUT2D eigenvalue weighted by Crippen LogP contribution is -2.38. The van der Waals surface area contributed by atoms with E-state index in [-0.39, 0.29) is 5.91 Å². The normalized spacial score (nSPS) is 14.9. The van der Waals surface area contributed by atoms with Crippen molar-refractivity contribution in [2.45, 2.75) is 12.8 Å². The van der Waals surface area contributed by atoms with E-state index in [9.17, 15) is 4.79 Å². The third kappa shape index (κ3) is 2.68. The number of para-hydroxylation sites is 1. The Morgan fingerprint density at radius 1 is 1.25 bits per heavy atom. The van der Waals surface area contributed by atoms with Crippen molar-refractivity contribution in [1.82, 2.24) is 4.90 Å². The van der Waals surface area contributed by atoms with Crippen molar-refractivity contribution in [3.8, 4) is 11.5 Å². The van der Waals surface area contributed by atoms with Crippen molar-refractivity contribution in [2.24, 2.45) is 5.16 Å². The van der Waals surface area contributed by atoms with Gasteiger partial charge in [0.05, 0.1) is 25.5 Å². The first-order valence-corrected chi connectivity index (χ1v) is 6.41. The summed E-state index contributed by atoms with van der Waals surface area (Å²) in [5.74, 6) is 0.882. The molecule has 1 heterocycles. The van der Waals surface area contributed by atoms with Crippen molar-refractivity contribution in [1.29, 1.82) is 0 Å². The van der Waals surface area contributed by atoms with Crippen molar-refractivity contribution in [2.75, 3.05) is 27.3 Å². The highest BCUT2D eigenvalue weighted by atomic mass is 16.5. The van der Waals surface area contributed by atoms with E-state index >= 15 is 0 Å². The molecule has 20 heavy (non-hydrogen) atoms. The minimum Gasteiger partial charge on any atom is -0.493 e. The zero-order valence-electron chi connectivity index (χ0n) is 11.6. The van der Waals surface area contributed by atoms with Crippen LogP contribution in [0.1, 0.15) is 23.2 Å². The van der Waals surface area contributed by atoms with Crippen LogP contribution >= 0.6 is 0 Å². The van der Waals surface area contributed by atoms with E-state index in [0.717, 1.165) is 5.71 Å². The second kappa shape index (κ2) is 6.27. The molecule has 0 aromatic heterocycles. The molecule has 1 aliphatic heterocycles. The molecule has 1 N–H and O–H groups in total. The van der Waals surface area contributed by atoms with Crippen LogP contribution < -0.4 is 9.47 Å². The molecule has 1 aromatic carbocycles. The Balaban J connectivity index is 2.21. The fourth-order valence-electron chi connectivity index (χ4n) is 2.29. The molecule has 1 aromatic rings. The summed E-state index contributed by atoms with van der Waals surface area (Å²) in [5, 5.41) is 11.9. The minimum absolute atomic E-state index is 0.0993. The summed E-state index contributed by atoms with van der Waals surface area (Å²) >= 11 is 0. The van der Waals surface area contributed by atoms with E-state index in [4.69, 9.17) is 14.7 Å². The number of amides is 1. The number of nitrogens with zero attached hydrogens (tertiary/aromatic N) is 2. The summed E-state index contributed by atoms with van der Waals surface area (Å²) < 4.78 is 10.5. The summed E-state index contributed by atoms with van der Waals surface area (Å²) in [5.41, 5.74) is 1.21. The fraction of sp³-hybridized carbons (Fsp3) is 0.429. The third-order valence-corrected chi connectivity index (χ3v) is 3.40. The molecule has 0 unspecified atom stereocenters. The number of ether oxygens (including phenoxy) is 2. The van der Waals surface area contributed by atoms with Crippen LogP contribution in [0.15, 0.2) is 23.4 Å². The number of oxime groups is 1.